The summed E-state index contributed by atoms with van der Waals surface area (Å²) in [5.74, 6) is 0. The largest absolute Gasteiger partial charge is 4.00 e. The molecule has 0 spiro atoms. The minimum Gasteiger partial charge on any atom is 4.00 e. The molecule has 0 radical (unpaired) electrons. The van der Waals surface area contributed by atoms with E-state index in [1.807, 2.05) is 0 Å². The van der Waals surface area contributed by atoms with Crippen LogP contribution in [-0.2, 0) is 33.9 Å². The first-order valence-electron chi connectivity index (χ1n) is 1.00. The third kappa shape index (κ3) is 274. The maximum Gasteiger partial charge on any atom is 4.00 e. The van der Waals surface area contributed by atoms with Gasteiger partial charge in [-0.3, -0.25) is 0 Å². The molecule has 0 N–H and O–H groups in total. The quantitative estimate of drug-likeness (QED) is 0.403. The number of hydrogen-bond acceptors (Lipinski definition) is 6. The summed E-state index contributed by atoms with van der Waals surface area (Å²) in [5.41, 5.74) is 0. The van der Waals surface area contributed by atoms with Crippen molar-refractivity contribution in [3.63, 3.8) is 0 Å². The second-order valence-corrected chi connectivity index (χ2v) is 2.12. The van der Waals surface area contributed by atoms with Gasteiger partial charge in [0.05, 0.1) is 0 Å². The SMILES string of the molecule is O=[Se]([O-])[O-].O=[Se]([O-])[O-].[Zr+4]. The summed E-state index contributed by atoms with van der Waals surface area (Å²) < 4.78 is 51.2. The molecule has 0 saturated heterocycles. The number of hydrogen-bond donors (Lipinski definition) is 0. The molecular formula is O6Se2Zr. The molecule has 0 unspecified atom stereocenters. The van der Waals surface area contributed by atoms with Gasteiger partial charge in [0.1, 0.15) is 0 Å². The van der Waals surface area contributed by atoms with Gasteiger partial charge in [-0.15, -0.1) is 0 Å². The van der Waals surface area contributed by atoms with E-state index in [1.165, 1.54) is 0 Å². The Morgan fingerprint density at radius 2 is 0.778 bits per heavy atom. The maximum atomic E-state index is 8.54. The first kappa shape index (κ1) is 16.8. The van der Waals surface area contributed by atoms with Crippen LogP contribution >= 0.6 is 0 Å². The summed E-state index contributed by atoms with van der Waals surface area (Å²) in [6.45, 7) is 0. The zero-order valence-electron chi connectivity index (χ0n) is 3.77. The second kappa shape index (κ2) is 12.1. The fourth-order valence-corrected chi connectivity index (χ4v) is 0. The van der Waals surface area contributed by atoms with Crippen LogP contribution < -0.4 is 16.8 Å². The van der Waals surface area contributed by atoms with Crippen LogP contribution in [0.4, 0.5) is 0 Å². The average molecular weight is 345 g/mol. The Bertz CT molecular complexity index is 69.1. The fraction of sp³-hybridized carbons (Fsp3) is 0. The van der Waals surface area contributed by atoms with Crippen LogP contribution in [0.3, 0.4) is 0 Å². The van der Waals surface area contributed by atoms with Crippen LogP contribution in [0.25, 0.3) is 0 Å². The van der Waals surface area contributed by atoms with E-state index in [4.69, 9.17) is 24.4 Å². The molecule has 0 rings (SSSR count). The zero-order chi connectivity index (χ0) is 7.15. The summed E-state index contributed by atoms with van der Waals surface area (Å²) >= 11 is -7.58. The Kier molecular flexibility index (Phi) is 22.5. The van der Waals surface area contributed by atoms with E-state index in [0.717, 1.165) is 0 Å². The van der Waals surface area contributed by atoms with Crippen molar-refractivity contribution < 1.29 is 50.6 Å². The van der Waals surface area contributed by atoms with Gasteiger partial charge in [0.15, 0.2) is 0 Å². The Morgan fingerprint density at radius 3 is 0.778 bits per heavy atom. The van der Waals surface area contributed by atoms with Gasteiger partial charge in [-0.05, 0) is 0 Å². The Morgan fingerprint density at radius 1 is 0.778 bits per heavy atom. The molecule has 0 amide bonds. The summed E-state index contributed by atoms with van der Waals surface area (Å²) in [4.78, 5) is 0. The van der Waals surface area contributed by atoms with E-state index in [0.29, 0.717) is 0 Å². The third-order valence-electron chi connectivity index (χ3n) is 0. The van der Waals surface area contributed by atoms with Crippen molar-refractivity contribution in [2.75, 3.05) is 0 Å². The topological polar surface area (TPSA) is 126 Å². The van der Waals surface area contributed by atoms with E-state index >= 15 is 0 Å². The van der Waals surface area contributed by atoms with Gasteiger partial charge in [0.2, 0.25) is 0 Å². The van der Waals surface area contributed by atoms with Crippen LogP contribution in [0, 0.1) is 0 Å². The first-order valence-corrected chi connectivity index (χ1v) is 5.20. The van der Waals surface area contributed by atoms with Crippen LogP contribution in [-0.4, -0.2) is 29.0 Å². The third-order valence-corrected chi connectivity index (χ3v) is 0. The van der Waals surface area contributed by atoms with Gasteiger partial charge in [-0.1, -0.05) is 0 Å². The Labute approximate surface area is 79.1 Å². The van der Waals surface area contributed by atoms with Crippen LogP contribution in [0.1, 0.15) is 0 Å². The Balaban J connectivity index is -0.0000000720. The molecule has 6 nitrogen and oxygen atoms in total. The van der Waals surface area contributed by atoms with E-state index in [2.05, 4.69) is 0 Å². The van der Waals surface area contributed by atoms with Crippen molar-refractivity contribution in [1.82, 2.24) is 0 Å². The first-order chi connectivity index (χ1) is 3.46. The molecule has 0 aromatic carbocycles. The summed E-state index contributed by atoms with van der Waals surface area (Å²) in [6.07, 6.45) is 0. The normalized spacial score (nSPS) is 7.78. The predicted octanol–water partition coefficient (Wildman–Crippen LogP) is -5.76. The molecule has 0 bridgehead atoms. The van der Waals surface area contributed by atoms with Crippen molar-refractivity contribution in [3.8, 4) is 0 Å². The van der Waals surface area contributed by atoms with E-state index in [-0.39, 0.29) is 26.2 Å². The van der Waals surface area contributed by atoms with Gasteiger partial charge < -0.3 is 0 Å². The van der Waals surface area contributed by atoms with Gasteiger partial charge in [0, 0.05) is 0 Å². The molecule has 52 valence electrons. The standard InChI is InChI=1S/2H2O3Se.Zr/c2*1-4(2)3;/h2*(H2,1,2,3);/q;;+4/p-4. The maximum absolute atomic E-state index is 8.54. The molecule has 0 aliphatic rings. The predicted molar refractivity (Wildman–Crippen MR) is 12.9 cm³/mol. The van der Waals surface area contributed by atoms with Gasteiger partial charge in [-0.2, -0.15) is 0 Å². The molecule has 0 saturated carbocycles. The smallest absolute Gasteiger partial charge is 4.00 e. The molecule has 9 heteroatoms. The van der Waals surface area contributed by atoms with Gasteiger partial charge >= 0.3 is 79.6 Å². The van der Waals surface area contributed by atoms with Crippen LogP contribution in [0.15, 0.2) is 0 Å². The average Bonchev–Trinajstić information content (AvgIpc) is 1.25. The van der Waals surface area contributed by atoms with Crippen LogP contribution in [0.5, 0.6) is 0 Å². The van der Waals surface area contributed by atoms with Crippen molar-refractivity contribution in [1.29, 1.82) is 0 Å². The number of rotatable bonds is 0. The van der Waals surface area contributed by atoms with Gasteiger partial charge in [-0.25, -0.2) is 0 Å². The molecule has 0 aliphatic heterocycles. The molecular weight excluding hydrogens is 345 g/mol. The van der Waals surface area contributed by atoms with Crippen molar-refractivity contribution in [3.05, 3.63) is 0 Å². The molecule has 0 atom stereocenters. The van der Waals surface area contributed by atoms with E-state index in [1.54, 1.807) is 0 Å². The molecule has 9 heavy (non-hydrogen) atoms. The summed E-state index contributed by atoms with van der Waals surface area (Å²) in [6, 6.07) is 0. The minimum absolute atomic E-state index is 0. The molecule has 0 aromatic rings. The van der Waals surface area contributed by atoms with E-state index < -0.39 is 29.0 Å². The summed E-state index contributed by atoms with van der Waals surface area (Å²) in [5, 5.41) is 0. The fourth-order valence-electron chi connectivity index (χ4n) is 0. The zero-order valence-corrected chi connectivity index (χ0v) is 9.65. The van der Waals surface area contributed by atoms with Crippen molar-refractivity contribution in [2.45, 2.75) is 0 Å². The molecule has 0 heterocycles. The molecule has 0 fully saturated rings. The minimum atomic E-state index is -3.79. The van der Waals surface area contributed by atoms with Crippen molar-refractivity contribution >= 4 is 29.0 Å². The summed E-state index contributed by atoms with van der Waals surface area (Å²) in [7, 11) is 0. The van der Waals surface area contributed by atoms with E-state index in [9.17, 15) is 0 Å². The second-order valence-electron chi connectivity index (χ2n) is 0.408. The van der Waals surface area contributed by atoms with Crippen LogP contribution in [0.2, 0.25) is 0 Å². The van der Waals surface area contributed by atoms with Gasteiger partial charge in [0.25, 0.3) is 0 Å². The Hall–Kier alpha value is 1.36. The molecule has 0 aromatic heterocycles. The monoisotopic (exact) mass is 346 g/mol. The van der Waals surface area contributed by atoms with Crippen molar-refractivity contribution in [2.24, 2.45) is 0 Å². The molecule has 0 aliphatic carbocycles.